The van der Waals surface area contributed by atoms with E-state index in [0.717, 1.165) is 0 Å². The molecule has 1 aromatic carbocycles. The lowest BCUT2D eigenvalue weighted by Crippen LogP contribution is -2.41. The lowest BCUT2D eigenvalue weighted by atomic mass is 10.1. The van der Waals surface area contributed by atoms with E-state index in [0.29, 0.717) is 11.1 Å². The van der Waals surface area contributed by atoms with Gasteiger partial charge in [0.1, 0.15) is 5.82 Å². The summed E-state index contributed by atoms with van der Waals surface area (Å²) in [4.78, 5) is 15.6. The average Bonchev–Trinajstić information content (AvgIpc) is 3.02. The number of hydrogen-bond acceptors (Lipinski definition) is 5. The van der Waals surface area contributed by atoms with E-state index in [2.05, 4.69) is 15.5 Å². The van der Waals surface area contributed by atoms with Gasteiger partial charge >= 0.3 is 0 Å². The smallest absolute Gasteiger partial charge is 0.277 e. The molecular weight excluding hydrogens is 361 g/mol. The van der Waals surface area contributed by atoms with Crippen molar-refractivity contribution in [2.24, 2.45) is 5.73 Å². The Morgan fingerprint density at radius 1 is 1.40 bits per heavy atom. The number of benzene rings is 1. The Bertz CT molecular complexity index is 725. The summed E-state index contributed by atoms with van der Waals surface area (Å²) >= 11 is 0. The normalized spacial score (nSPS) is 11.1. The predicted octanol–water partition coefficient (Wildman–Crippen LogP) is 2.25. The number of alkyl halides is 2. The second kappa shape index (κ2) is 8.82. The Labute approximate surface area is 148 Å². The number of nitrogens with zero attached hydrogens (tertiary/aromatic N) is 2. The molecule has 0 aliphatic rings. The molecule has 3 N–H and O–H groups in total. The second-order valence-corrected chi connectivity index (χ2v) is 5.31. The molecule has 6 nitrogen and oxygen atoms in total. The summed E-state index contributed by atoms with van der Waals surface area (Å²) in [6.45, 7) is -0.0368. The first-order chi connectivity index (χ1) is 11.3. The van der Waals surface area contributed by atoms with Gasteiger partial charge in [0.2, 0.25) is 17.6 Å². The van der Waals surface area contributed by atoms with Crippen molar-refractivity contribution in [2.45, 2.75) is 25.7 Å². The van der Waals surface area contributed by atoms with Crippen LogP contribution in [0.2, 0.25) is 0 Å². The zero-order chi connectivity index (χ0) is 17.7. The van der Waals surface area contributed by atoms with Crippen molar-refractivity contribution in [2.75, 3.05) is 13.1 Å². The number of halogens is 4. The number of amides is 1. The average molecular weight is 379 g/mol. The molecule has 0 aliphatic carbocycles. The molecule has 25 heavy (non-hydrogen) atoms. The van der Waals surface area contributed by atoms with Crippen LogP contribution in [-0.4, -0.2) is 35.1 Å². The number of carbonyl (C=O) groups excluding carboxylic acids is 1. The van der Waals surface area contributed by atoms with Gasteiger partial charge < -0.3 is 15.6 Å². The van der Waals surface area contributed by atoms with Crippen LogP contribution in [0.5, 0.6) is 0 Å². The number of aryl methyl sites for hydroxylation is 2. The van der Waals surface area contributed by atoms with Crippen LogP contribution in [0.3, 0.4) is 0 Å². The number of rotatable bonds is 7. The molecule has 1 aromatic heterocycles. The summed E-state index contributed by atoms with van der Waals surface area (Å²) in [6.07, 6.45) is 0.0257. The lowest BCUT2D eigenvalue weighted by molar-refractivity contribution is -0.122. The van der Waals surface area contributed by atoms with Gasteiger partial charge in [-0.2, -0.15) is 4.98 Å². The zero-order valence-electron chi connectivity index (χ0n) is 13.4. The number of carbonyl (C=O) groups is 1. The maximum Gasteiger partial charge on any atom is 0.277 e. The molecule has 2 rings (SSSR count). The van der Waals surface area contributed by atoms with E-state index in [1.54, 1.807) is 13.0 Å². The number of nitrogens with one attached hydrogen (secondary N) is 1. The fourth-order valence-electron chi connectivity index (χ4n) is 1.87. The molecule has 1 amide bonds. The molecule has 0 radical (unpaired) electrons. The van der Waals surface area contributed by atoms with E-state index in [1.807, 2.05) is 0 Å². The Morgan fingerprint density at radius 3 is 2.76 bits per heavy atom. The first-order valence-electron chi connectivity index (χ1n) is 7.24. The van der Waals surface area contributed by atoms with E-state index in [9.17, 15) is 18.0 Å². The molecule has 0 aliphatic heterocycles. The van der Waals surface area contributed by atoms with Gasteiger partial charge in [-0.1, -0.05) is 5.16 Å². The predicted molar refractivity (Wildman–Crippen MR) is 87.0 cm³/mol. The van der Waals surface area contributed by atoms with Gasteiger partial charge in [0.15, 0.2) is 0 Å². The summed E-state index contributed by atoms with van der Waals surface area (Å²) in [5.74, 6) is -3.59. The van der Waals surface area contributed by atoms with Gasteiger partial charge in [-0.3, -0.25) is 4.79 Å². The SMILES string of the molecule is Cc1cc(-c2noc(CCC(=O)NCC(F)(F)CN)n2)ccc1F.Cl. The van der Waals surface area contributed by atoms with E-state index in [1.165, 1.54) is 12.1 Å². The van der Waals surface area contributed by atoms with Gasteiger partial charge in [-0.25, -0.2) is 13.2 Å². The van der Waals surface area contributed by atoms with Crippen molar-refractivity contribution in [1.29, 1.82) is 0 Å². The highest BCUT2D eigenvalue weighted by molar-refractivity contribution is 5.85. The largest absolute Gasteiger partial charge is 0.350 e. The summed E-state index contributed by atoms with van der Waals surface area (Å²) in [5.41, 5.74) is 5.90. The van der Waals surface area contributed by atoms with Crippen LogP contribution in [-0.2, 0) is 11.2 Å². The van der Waals surface area contributed by atoms with Crippen LogP contribution >= 0.6 is 12.4 Å². The van der Waals surface area contributed by atoms with Crippen molar-refractivity contribution in [3.63, 3.8) is 0 Å². The second-order valence-electron chi connectivity index (χ2n) is 5.31. The van der Waals surface area contributed by atoms with Crippen molar-refractivity contribution in [3.05, 3.63) is 35.5 Å². The van der Waals surface area contributed by atoms with Crippen LogP contribution in [0.4, 0.5) is 13.2 Å². The molecule has 0 atom stereocenters. The number of aromatic nitrogens is 2. The Kier molecular flexibility index (Phi) is 7.38. The van der Waals surface area contributed by atoms with Crippen LogP contribution in [0.1, 0.15) is 17.9 Å². The van der Waals surface area contributed by atoms with Crippen molar-refractivity contribution in [3.8, 4) is 11.4 Å². The Morgan fingerprint density at radius 2 is 2.12 bits per heavy atom. The molecule has 0 fully saturated rings. The van der Waals surface area contributed by atoms with Crippen molar-refractivity contribution in [1.82, 2.24) is 15.5 Å². The van der Waals surface area contributed by atoms with Gasteiger partial charge in [-0.15, -0.1) is 12.4 Å². The minimum absolute atomic E-state index is 0. The highest BCUT2D eigenvalue weighted by Crippen LogP contribution is 2.19. The first-order valence-corrected chi connectivity index (χ1v) is 7.24. The molecule has 0 unspecified atom stereocenters. The topological polar surface area (TPSA) is 94.0 Å². The lowest BCUT2D eigenvalue weighted by Gasteiger charge is -2.14. The van der Waals surface area contributed by atoms with E-state index in [4.69, 9.17) is 10.3 Å². The number of nitrogens with two attached hydrogens (primary N) is 1. The zero-order valence-corrected chi connectivity index (χ0v) is 14.2. The molecule has 1 heterocycles. The Balaban J connectivity index is 0.00000312. The Hall–Kier alpha value is -2.13. The number of hydrogen-bond donors (Lipinski definition) is 2. The first kappa shape index (κ1) is 20.9. The minimum atomic E-state index is -3.13. The van der Waals surface area contributed by atoms with Crippen LogP contribution in [0.25, 0.3) is 11.4 Å². The fraction of sp³-hybridized carbons (Fsp3) is 0.400. The van der Waals surface area contributed by atoms with Crippen LogP contribution < -0.4 is 11.1 Å². The summed E-state index contributed by atoms with van der Waals surface area (Å²) in [7, 11) is 0. The fourth-order valence-corrected chi connectivity index (χ4v) is 1.87. The van der Waals surface area contributed by atoms with E-state index >= 15 is 0 Å². The molecular formula is C15H18ClF3N4O2. The maximum absolute atomic E-state index is 13.2. The third-order valence-electron chi connectivity index (χ3n) is 3.29. The maximum atomic E-state index is 13.2. The molecule has 0 saturated heterocycles. The van der Waals surface area contributed by atoms with Crippen molar-refractivity contribution >= 4 is 18.3 Å². The summed E-state index contributed by atoms with van der Waals surface area (Å²) in [6, 6.07) is 4.38. The van der Waals surface area contributed by atoms with Crippen molar-refractivity contribution < 1.29 is 22.5 Å². The molecule has 0 spiro atoms. The highest BCUT2D eigenvalue weighted by Gasteiger charge is 2.27. The summed E-state index contributed by atoms with van der Waals surface area (Å²) in [5, 5.41) is 5.85. The quantitative estimate of drug-likeness (QED) is 0.770. The molecule has 0 saturated carbocycles. The molecule has 138 valence electrons. The van der Waals surface area contributed by atoms with Gasteiger partial charge in [0.25, 0.3) is 5.92 Å². The monoisotopic (exact) mass is 378 g/mol. The molecule has 2 aromatic rings. The minimum Gasteiger partial charge on any atom is -0.350 e. The standard InChI is InChI=1S/C15H17F3N4O2.ClH/c1-9-6-10(2-3-11(9)16)14-21-13(24-22-14)5-4-12(23)20-8-15(17,18)7-19;/h2-3,6H,4-5,7-8,19H2,1H3,(H,20,23);1H. The van der Waals surface area contributed by atoms with Gasteiger partial charge in [0, 0.05) is 18.4 Å². The van der Waals surface area contributed by atoms with Gasteiger partial charge in [0.05, 0.1) is 13.1 Å². The third-order valence-corrected chi connectivity index (χ3v) is 3.29. The van der Waals surface area contributed by atoms with Crippen LogP contribution in [0.15, 0.2) is 22.7 Å². The van der Waals surface area contributed by atoms with E-state index in [-0.39, 0.29) is 42.8 Å². The van der Waals surface area contributed by atoms with Crippen LogP contribution in [0, 0.1) is 12.7 Å². The third kappa shape index (κ3) is 6.02. The highest BCUT2D eigenvalue weighted by atomic mass is 35.5. The molecule has 10 heteroatoms. The van der Waals surface area contributed by atoms with E-state index < -0.39 is 24.9 Å². The van der Waals surface area contributed by atoms with Gasteiger partial charge in [-0.05, 0) is 30.7 Å². The molecule has 0 bridgehead atoms. The summed E-state index contributed by atoms with van der Waals surface area (Å²) < 4.78 is 44.1.